The molecular weight excluding hydrogens is 859 g/mol. The van der Waals surface area contributed by atoms with Crippen molar-refractivity contribution >= 4 is 74.1 Å². The third-order valence-corrected chi connectivity index (χ3v) is 11.1. The van der Waals surface area contributed by atoms with E-state index in [1.54, 1.807) is 6.07 Å². The second kappa shape index (κ2) is 21.6. The van der Waals surface area contributed by atoms with Crippen molar-refractivity contribution < 1.29 is 9.47 Å². The Kier molecular flexibility index (Phi) is 15.0. The lowest BCUT2D eigenvalue weighted by Crippen LogP contribution is -2.36. The zero-order valence-electron chi connectivity index (χ0n) is 34.5. The lowest BCUT2D eigenvalue weighted by atomic mass is 10.2. The van der Waals surface area contributed by atoms with E-state index >= 15 is 0 Å². The van der Waals surface area contributed by atoms with E-state index in [1.165, 1.54) is 35.4 Å². The van der Waals surface area contributed by atoms with Crippen LogP contribution in [0.3, 0.4) is 0 Å². The van der Waals surface area contributed by atoms with Crippen LogP contribution in [0.25, 0.3) is 22.1 Å². The molecule has 324 valence electrons. The van der Waals surface area contributed by atoms with Crippen LogP contribution >= 0.6 is 34.8 Å². The summed E-state index contributed by atoms with van der Waals surface area (Å²) >= 11 is 16.8. The van der Waals surface area contributed by atoms with Gasteiger partial charge in [0.25, 0.3) is 0 Å². The molecule has 0 spiro atoms. The van der Waals surface area contributed by atoms with Crippen LogP contribution < -0.4 is 11.1 Å². The van der Waals surface area contributed by atoms with Crippen LogP contribution in [0.4, 0.5) is 17.2 Å². The summed E-state index contributed by atoms with van der Waals surface area (Å²) in [5, 5.41) is 4.44. The van der Waals surface area contributed by atoms with Gasteiger partial charge in [-0.3, -0.25) is 9.80 Å². The van der Waals surface area contributed by atoms with E-state index in [0.29, 0.717) is 21.3 Å². The summed E-state index contributed by atoms with van der Waals surface area (Å²) in [5.41, 5.74) is 14.4. The van der Waals surface area contributed by atoms with Crippen LogP contribution in [0.1, 0.15) is 22.8 Å². The molecule has 2 aliphatic rings. The zero-order valence-corrected chi connectivity index (χ0v) is 36.8. The molecular formula is C46H47Cl3N12O2. The number of nitrogens with two attached hydrogens (primary N) is 1. The highest BCUT2D eigenvalue weighted by Crippen LogP contribution is 2.24. The Morgan fingerprint density at radius 1 is 0.524 bits per heavy atom. The minimum Gasteiger partial charge on any atom is -0.399 e. The number of nitrogens with one attached hydrogen (secondary N) is 1. The number of anilines is 3. The Bertz CT molecular complexity index is 2720. The summed E-state index contributed by atoms with van der Waals surface area (Å²) in [6, 6.07) is 36.2. The number of hydrogen-bond donors (Lipinski definition) is 2. The van der Waals surface area contributed by atoms with E-state index in [4.69, 9.17) is 60.0 Å². The summed E-state index contributed by atoms with van der Waals surface area (Å²) in [6.07, 6.45) is 2.76. The first-order valence-electron chi connectivity index (χ1n) is 20.6. The molecule has 63 heavy (non-hydrogen) atoms. The number of nitrogens with zero attached hydrogens (tertiary/aromatic N) is 10. The fourth-order valence-corrected chi connectivity index (χ4v) is 7.93. The smallest absolute Gasteiger partial charge is 0.135 e. The number of rotatable bonds is 10. The number of hydrogen-bond acceptors (Lipinski definition) is 12. The normalized spacial score (nSPS) is 14.5. The van der Waals surface area contributed by atoms with Crippen molar-refractivity contribution in [3.63, 3.8) is 0 Å². The van der Waals surface area contributed by atoms with Crippen molar-refractivity contribution in [2.45, 2.75) is 26.2 Å². The molecule has 14 nitrogen and oxygen atoms in total. The van der Waals surface area contributed by atoms with Gasteiger partial charge in [-0.25, -0.2) is 29.9 Å². The Hall–Kier alpha value is -5.71. The third-order valence-electron chi connectivity index (χ3n) is 10.5. The molecule has 2 fully saturated rings. The molecule has 2 aliphatic heterocycles. The van der Waals surface area contributed by atoms with Crippen LogP contribution in [0, 0.1) is 0 Å². The second-order valence-electron chi connectivity index (χ2n) is 14.9. The van der Waals surface area contributed by atoms with Crippen LogP contribution in [0.5, 0.6) is 0 Å². The van der Waals surface area contributed by atoms with Crippen molar-refractivity contribution in [2.24, 2.45) is 0 Å². The summed E-state index contributed by atoms with van der Waals surface area (Å²) in [5.74, 6) is 2.84. The van der Waals surface area contributed by atoms with Crippen molar-refractivity contribution in [3.8, 4) is 0 Å². The fourth-order valence-electron chi connectivity index (χ4n) is 7.43. The number of benzene rings is 4. The number of imidazole rings is 2. The van der Waals surface area contributed by atoms with Gasteiger partial charge in [0.15, 0.2) is 0 Å². The number of para-hydroxylation sites is 4. The van der Waals surface area contributed by atoms with Gasteiger partial charge < -0.3 is 29.7 Å². The molecule has 0 atom stereocenters. The minimum absolute atomic E-state index is 0.366. The van der Waals surface area contributed by atoms with Gasteiger partial charge in [0, 0.05) is 62.8 Å². The highest BCUT2D eigenvalue weighted by Gasteiger charge is 2.19. The van der Waals surface area contributed by atoms with E-state index < -0.39 is 0 Å². The SMILES string of the molecule is Clc1cc(Cl)ncn1.Clc1cc(Nc2cccc(Cn3c(CN4CCOCC4)nc4ccccc43)c2)ncn1.Nc1cccc(Cn2c(CN3CCOCC3)nc3ccccc32)c1. The Balaban J connectivity index is 0.000000150. The first kappa shape index (κ1) is 43.9. The number of fused-ring (bicyclic) bond motifs is 2. The van der Waals surface area contributed by atoms with Gasteiger partial charge in [0.1, 0.15) is 45.6 Å². The third kappa shape index (κ3) is 12.3. The van der Waals surface area contributed by atoms with E-state index in [9.17, 15) is 0 Å². The minimum atomic E-state index is 0.366. The van der Waals surface area contributed by atoms with Crippen LogP contribution in [0.15, 0.2) is 122 Å². The highest BCUT2D eigenvalue weighted by molar-refractivity contribution is 6.33. The maximum atomic E-state index is 5.98. The predicted octanol–water partition coefficient (Wildman–Crippen LogP) is 8.39. The van der Waals surface area contributed by atoms with Gasteiger partial charge in [0.05, 0.1) is 61.6 Å². The molecule has 4 aromatic heterocycles. The highest BCUT2D eigenvalue weighted by atomic mass is 35.5. The molecule has 0 bridgehead atoms. The van der Waals surface area contributed by atoms with Gasteiger partial charge >= 0.3 is 0 Å². The monoisotopic (exact) mass is 904 g/mol. The zero-order chi connectivity index (χ0) is 43.4. The average Bonchev–Trinajstić information content (AvgIpc) is 3.81. The Labute approximate surface area is 380 Å². The molecule has 0 radical (unpaired) electrons. The summed E-state index contributed by atoms with van der Waals surface area (Å²) in [4.78, 5) is 30.0. The van der Waals surface area contributed by atoms with Crippen molar-refractivity contribution in [1.82, 2.24) is 48.8 Å². The molecule has 17 heteroatoms. The summed E-state index contributed by atoms with van der Waals surface area (Å²) < 4.78 is 15.6. The molecule has 8 aromatic rings. The van der Waals surface area contributed by atoms with E-state index in [1.807, 2.05) is 42.5 Å². The first-order valence-corrected chi connectivity index (χ1v) is 21.8. The number of morpholine rings is 2. The molecule has 10 rings (SSSR count). The van der Waals surface area contributed by atoms with Gasteiger partial charge in [-0.2, -0.15) is 0 Å². The Morgan fingerprint density at radius 2 is 1.02 bits per heavy atom. The largest absolute Gasteiger partial charge is 0.399 e. The van der Waals surface area contributed by atoms with E-state index in [-0.39, 0.29) is 0 Å². The van der Waals surface area contributed by atoms with Crippen molar-refractivity contribution in [2.75, 3.05) is 63.7 Å². The van der Waals surface area contributed by atoms with E-state index in [2.05, 4.69) is 98.8 Å². The molecule has 6 heterocycles. The molecule has 0 unspecified atom stereocenters. The first-order chi connectivity index (χ1) is 30.8. The van der Waals surface area contributed by atoms with Crippen molar-refractivity contribution in [3.05, 3.63) is 160 Å². The van der Waals surface area contributed by atoms with Gasteiger partial charge in [0.2, 0.25) is 0 Å². The standard InChI is InChI=1S/C23H23ClN6O.C19H22N4O.C4H2Cl2N2/c24-21-13-22(26-16-25-21)27-18-5-3-4-17(12-18)14-30-20-7-2-1-6-19(20)28-23(30)15-29-8-10-31-11-9-29;20-16-5-3-4-15(12-16)13-23-18-7-2-1-6-17(18)21-19(23)14-22-8-10-24-11-9-22;5-3-1-4(6)8-2-7-3/h1-7,12-13,16H,8-11,14-15H2,(H,25,26,27);1-7,12H,8-11,13-14,20H2;1-2H. The molecule has 0 saturated carbocycles. The summed E-state index contributed by atoms with van der Waals surface area (Å²) in [7, 11) is 0. The lowest BCUT2D eigenvalue weighted by Gasteiger charge is -2.26. The number of aromatic nitrogens is 8. The van der Waals surface area contributed by atoms with Crippen LogP contribution in [-0.2, 0) is 35.7 Å². The molecule has 2 saturated heterocycles. The lowest BCUT2D eigenvalue weighted by molar-refractivity contribution is 0.0326. The molecule has 0 amide bonds. The van der Waals surface area contributed by atoms with Crippen molar-refractivity contribution in [1.29, 1.82) is 0 Å². The quantitative estimate of drug-likeness (QED) is 0.100. The van der Waals surface area contributed by atoms with Gasteiger partial charge in [-0.05, 0) is 59.7 Å². The number of halogens is 3. The topological polar surface area (TPSA) is 150 Å². The molecule has 4 aromatic carbocycles. The number of nitrogen functional groups attached to an aromatic ring is 1. The summed E-state index contributed by atoms with van der Waals surface area (Å²) in [6.45, 7) is 10.1. The predicted molar refractivity (Wildman–Crippen MR) is 250 cm³/mol. The maximum absolute atomic E-state index is 5.98. The number of ether oxygens (including phenoxy) is 2. The Morgan fingerprint density at radius 3 is 1.52 bits per heavy atom. The maximum Gasteiger partial charge on any atom is 0.135 e. The average molecular weight is 906 g/mol. The fraction of sp³-hybridized carbons (Fsp3) is 0.261. The van der Waals surface area contributed by atoms with E-state index in [0.717, 1.165) is 118 Å². The van der Waals surface area contributed by atoms with Gasteiger partial charge in [-0.1, -0.05) is 83.3 Å². The molecule has 3 N–H and O–H groups in total. The molecule has 0 aliphatic carbocycles. The van der Waals surface area contributed by atoms with Gasteiger partial charge in [-0.15, -0.1) is 0 Å². The van der Waals surface area contributed by atoms with Crippen LogP contribution in [0.2, 0.25) is 15.5 Å². The second-order valence-corrected chi connectivity index (χ2v) is 16.1. The van der Waals surface area contributed by atoms with Crippen LogP contribution in [-0.4, -0.2) is 101 Å².